The SMILES string of the molecule is COc1ccc2c(c1)C(=O)N(C[C@@]1(C#Cc3ccc(S(N)(=O)=O)cc3)NC(=O)NC1=O)C2.COc1ccc2c(c1)C(=O)N(C[C@@]1(C#Cc3ccccc3S(N)(=O)=O)NC(=O)NC1=O)C2.COc1ccc2c(c1)C(=O)N(C[C@@]1(C#Cc3cn(C)c(C)n3)NC(=O)NC1=O)C2.COc1ccc2c(c1)C(=O)N(C[C@@]1(C#Cc3cnc4[nH]ccc4c3)NC(=O)NC1=O)C2. The Kier molecular flexibility index (Phi) is 22.8. The number of fused-ring (bicyclic) bond motifs is 5. The highest BCUT2D eigenvalue weighted by molar-refractivity contribution is 7.89. The number of methoxy groups -OCH3 is 4. The summed E-state index contributed by atoms with van der Waals surface area (Å²) >= 11 is 0. The molecule has 4 saturated heterocycles. The second kappa shape index (κ2) is 33.4. The van der Waals surface area contributed by atoms with Crippen LogP contribution < -0.4 is 71.8 Å². The van der Waals surface area contributed by atoms with Gasteiger partial charge in [-0.25, -0.2) is 56.3 Å². The van der Waals surface area contributed by atoms with Crippen LogP contribution in [0, 0.1) is 54.3 Å². The number of imide groups is 4. The first kappa shape index (κ1) is 84.6. The van der Waals surface area contributed by atoms with E-state index in [9.17, 15) is 74.4 Å². The number of primary sulfonamides is 2. The Morgan fingerprint density at radius 1 is 0.435 bits per heavy atom. The van der Waals surface area contributed by atoms with Gasteiger partial charge >= 0.3 is 24.1 Å². The zero-order chi connectivity index (χ0) is 88.5. The van der Waals surface area contributed by atoms with E-state index in [-0.39, 0.29) is 78.3 Å². The number of urea groups is 4. The minimum atomic E-state index is -4.06. The zero-order valence-electron chi connectivity index (χ0n) is 66.4. The van der Waals surface area contributed by atoms with Crippen LogP contribution >= 0.6 is 0 Å². The van der Waals surface area contributed by atoms with E-state index in [2.05, 4.69) is 105 Å². The van der Waals surface area contributed by atoms with Crippen LogP contribution in [0.15, 0.2) is 162 Å². The number of nitrogens with one attached hydrogen (secondary N) is 9. The fourth-order valence-electron chi connectivity index (χ4n) is 14.3. The monoisotopic (exact) mass is 1720 g/mol. The predicted octanol–water partition coefficient (Wildman–Crippen LogP) is 1.34. The summed E-state index contributed by atoms with van der Waals surface area (Å²) < 4.78 is 69.0. The van der Waals surface area contributed by atoms with E-state index < -0.39 is 90.0 Å². The van der Waals surface area contributed by atoms with Gasteiger partial charge in [0.1, 0.15) is 40.2 Å². The van der Waals surface area contributed by atoms with Gasteiger partial charge in [0.05, 0.1) is 64.4 Å². The molecule has 9 aromatic rings. The molecular weight excluding hydrogens is 1650 g/mol. The van der Waals surface area contributed by atoms with Gasteiger partial charge in [0.25, 0.3) is 47.3 Å². The number of benzene rings is 6. The molecule has 4 fully saturated rings. The third-order valence-corrected chi connectivity index (χ3v) is 22.7. The number of sulfonamides is 2. The number of hydrogen-bond donors (Lipinski definition) is 11. The lowest BCUT2D eigenvalue weighted by atomic mass is 9.99. The van der Waals surface area contributed by atoms with Crippen molar-refractivity contribution in [1.29, 1.82) is 0 Å². The standard InChI is InChI=1S/C22H17N5O4.2C21H18N4O6S.C20H19N5O4/c1-31-16-3-2-15-11-27(19(28)17(15)9-16)12-22(20(29)25-21(30)26-22)6-4-13-8-14-5-7-23-18(14)24-10-13;1-31-15-5-4-14-11-25(18(26)17(14)10-15)12-21(19(27)23-20(28)24-21)9-8-13-2-6-16(7-3-13)32(22,29)30;1-31-15-7-6-14-11-25(18(26)16(14)10-15)12-21(19(27)23-20(28)24-21)9-8-13-4-2-3-5-17(13)32(22,29)30;1-12-21-14(10-24(12)2)6-7-20(18(27)22-19(28)23-20)11-25-9-13-4-5-15(29-3)8-16(13)17(25)26/h2-3,5,7-10H,11-12H2,1H3,(H,23,24)(H2,25,26,29,30);2*2-7,10H,11-12H2,1H3,(H2,22,29,30)(H2,23,24,27,28);4-5,8,10H,9,11H2,1-3H3,(H2,22,23,27,28)/t22-;2*21-;20-/m1111/s1. The number of hydrogen-bond acceptors (Lipinski definition) is 22. The summed E-state index contributed by atoms with van der Waals surface area (Å²) in [5, 5.41) is 30.1. The quantitative estimate of drug-likeness (QED) is 0.0540. The number of imidazole rings is 1. The Bertz CT molecular complexity index is 6620. The number of ether oxygens (including phenoxy) is 4. The summed E-state index contributed by atoms with van der Waals surface area (Å²) in [6.07, 6.45) is 5.08. The largest absolute Gasteiger partial charge is 0.497 e. The molecule has 0 bridgehead atoms. The fourth-order valence-corrected chi connectivity index (χ4v) is 15.5. The number of aromatic amines is 1. The molecule has 17 rings (SSSR count). The van der Waals surface area contributed by atoms with E-state index >= 15 is 0 Å². The number of carbonyl (C=O) groups excluding carboxylic acids is 12. The van der Waals surface area contributed by atoms with Gasteiger partial charge in [-0.05, 0) is 132 Å². The second-order valence-electron chi connectivity index (χ2n) is 29.0. The number of carbonyl (C=O) groups is 12. The molecule has 38 nitrogen and oxygen atoms in total. The van der Waals surface area contributed by atoms with Gasteiger partial charge in [-0.3, -0.25) is 59.6 Å². The van der Waals surface area contributed by atoms with E-state index in [4.69, 9.17) is 29.2 Å². The predicted molar refractivity (Wildman–Crippen MR) is 436 cm³/mol. The van der Waals surface area contributed by atoms with Crippen LogP contribution in [0.2, 0.25) is 0 Å². The molecule has 0 unspecified atom stereocenters. The maximum Gasteiger partial charge on any atom is 0.323 e. The summed E-state index contributed by atoms with van der Waals surface area (Å²) in [5.41, 5.74) is 0.728. The van der Waals surface area contributed by atoms with Crippen LogP contribution in [0.1, 0.15) is 91.9 Å². The van der Waals surface area contributed by atoms with Crippen molar-refractivity contribution < 1.29 is 93.3 Å². The van der Waals surface area contributed by atoms with E-state index in [1.165, 1.54) is 90.5 Å². The maximum absolute atomic E-state index is 12.9. The molecule has 4 atom stereocenters. The molecule has 8 aliphatic rings. The molecule has 0 saturated carbocycles. The lowest BCUT2D eigenvalue weighted by molar-refractivity contribution is -0.123. The van der Waals surface area contributed by atoms with E-state index in [0.29, 0.717) is 75.2 Å². The van der Waals surface area contributed by atoms with Gasteiger partial charge in [0.15, 0.2) is 0 Å². The summed E-state index contributed by atoms with van der Waals surface area (Å²) in [7, 11) is -0.0398. The fraction of sp³-hybridized carbons (Fsp3) is 0.214. The molecule has 16 amide bonds. The Morgan fingerprint density at radius 2 is 0.798 bits per heavy atom. The number of nitrogens with zero attached hydrogens (tertiary/aromatic N) is 7. The molecule has 124 heavy (non-hydrogen) atoms. The normalized spacial score (nSPS) is 19.8. The molecule has 0 aliphatic carbocycles. The molecule has 8 aliphatic heterocycles. The van der Waals surface area contributed by atoms with Crippen molar-refractivity contribution >= 4 is 102 Å². The Labute approximate surface area is 705 Å². The first-order valence-corrected chi connectivity index (χ1v) is 40.3. The number of aromatic nitrogens is 4. The minimum Gasteiger partial charge on any atom is -0.497 e. The van der Waals surface area contributed by atoms with Crippen LogP contribution in [0.4, 0.5) is 19.2 Å². The minimum absolute atomic E-state index is 0.0593. The van der Waals surface area contributed by atoms with Crippen LogP contribution in [0.3, 0.4) is 0 Å². The van der Waals surface area contributed by atoms with Crippen LogP contribution in [0.25, 0.3) is 11.0 Å². The van der Waals surface area contributed by atoms with E-state index in [0.717, 1.165) is 39.1 Å². The number of rotatable bonds is 14. The topological polar surface area (TPSA) is 518 Å². The summed E-state index contributed by atoms with van der Waals surface area (Å²) in [6, 6.07) is 32.8. The molecule has 630 valence electrons. The molecule has 0 radical (unpaired) electrons. The van der Waals surface area contributed by atoms with Crippen molar-refractivity contribution in [2.75, 3.05) is 54.6 Å². The molecule has 11 heterocycles. The molecule has 40 heteroatoms. The summed E-state index contributed by atoms with van der Waals surface area (Å²) in [4.78, 5) is 167. The van der Waals surface area contributed by atoms with Crippen molar-refractivity contribution in [3.63, 3.8) is 0 Å². The van der Waals surface area contributed by atoms with Gasteiger partial charge in [0.2, 0.25) is 42.2 Å². The third kappa shape index (κ3) is 17.3. The third-order valence-electron chi connectivity index (χ3n) is 20.8. The van der Waals surface area contributed by atoms with Crippen LogP contribution in [0.5, 0.6) is 23.0 Å². The average molecular weight is 1720 g/mol. The molecule has 13 N–H and O–H groups in total. The summed E-state index contributed by atoms with van der Waals surface area (Å²) in [6.45, 7) is 2.31. The van der Waals surface area contributed by atoms with E-state index in [1.807, 2.05) is 38.2 Å². The molecular formula is C84H72N18O20S2. The Balaban J connectivity index is 0.000000135. The average Bonchev–Trinajstić information content (AvgIpc) is 1.63. The second-order valence-corrected chi connectivity index (χ2v) is 32.1. The Morgan fingerprint density at radius 3 is 1.14 bits per heavy atom. The maximum atomic E-state index is 12.9. The first-order chi connectivity index (χ1) is 59.0. The highest BCUT2D eigenvalue weighted by Gasteiger charge is 2.53. The number of aryl methyl sites for hydroxylation is 2. The van der Waals surface area contributed by atoms with Crippen molar-refractivity contribution in [2.45, 2.75) is 65.0 Å². The lowest BCUT2D eigenvalue weighted by Crippen LogP contribution is -2.54. The van der Waals surface area contributed by atoms with Gasteiger partial charge in [-0.2, -0.15) is 0 Å². The highest BCUT2D eigenvalue weighted by Crippen LogP contribution is 2.34. The number of amides is 16. The van der Waals surface area contributed by atoms with Gasteiger partial charge in [-0.15, -0.1) is 0 Å². The van der Waals surface area contributed by atoms with Crippen molar-refractivity contribution in [2.24, 2.45) is 17.3 Å². The molecule has 6 aromatic carbocycles. The van der Waals surface area contributed by atoms with Crippen LogP contribution in [-0.4, -0.2) is 204 Å². The number of pyridine rings is 1. The van der Waals surface area contributed by atoms with Crippen molar-refractivity contribution in [3.05, 3.63) is 225 Å². The van der Waals surface area contributed by atoms with Gasteiger partial charge < -0.3 is 69.4 Å². The van der Waals surface area contributed by atoms with E-state index in [1.54, 1.807) is 89.9 Å². The number of H-pyrrole nitrogens is 1. The number of nitrogens with two attached hydrogens (primary N) is 2. The first-order valence-electron chi connectivity index (χ1n) is 37.2. The highest BCUT2D eigenvalue weighted by atomic mass is 32.2. The van der Waals surface area contributed by atoms with Gasteiger partial charge in [-0.1, -0.05) is 77.8 Å². The van der Waals surface area contributed by atoms with Gasteiger partial charge in [0, 0.05) is 96.1 Å². The Hall–Kier alpha value is -15.9. The molecule has 3 aromatic heterocycles. The van der Waals surface area contributed by atoms with Crippen molar-refractivity contribution in [1.82, 2.24) is 81.7 Å². The lowest BCUT2D eigenvalue weighted by Gasteiger charge is -2.26. The van der Waals surface area contributed by atoms with Crippen LogP contribution in [-0.2, 0) is 72.5 Å². The zero-order valence-corrected chi connectivity index (χ0v) is 68.0. The van der Waals surface area contributed by atoms with Crippen molar-refractivity contribution in [3.8, 4) is 70.4 Å². The molecule has 0 spiro atoms. The smallest absolute Gasteiger partial charge is 0.323 e. The summed E-state index contributed by atoms with van der Waals surface area (Å²) in [5.74, 6) is 21.5.